The average molecular weight is 273 g/mol. The van der Waals surface area contributed by atoms with Crippen molar-refractivity contribution in [2.45, 2.75) is 31.7 Å². The van der Waals surface area contributed by atoms with Gasteiger partial charge in [0.05, 0.1) is 0 Å². The van der Waals surface area contributed by atoms with Crippen LogP contribution in [0.2, 0.25) is 0 Å². The lowest BCUT2D eigenvalue weighted by molar-refractivity contribution is 0.454. The Morgan fingerprint density at radius 3 is 3.20 bits per heavy atom. The summed E-state index contributed by atoms with van der Waals surface area (Å²) in [6.07, 6.45) is 5.75. The second kappa shape index (κ2) is 5.58. The zero-order valence-corrected chi connectivity index (χ0v) is 11.6. The smallest absolute Gasteiger partial charge is 0.248 e. The van der Waals surface area contributed by atoms with Gasteiger partial charge in [-0.3, -0.25) is 4.79 Å². The van der Waals surface area contributed by atoms with Crippen LogP contribution in [0, 0.1) is 0 Å². The number of rotatable bonds is 4. The fourth-order valence-corrected chi connectivity index (χ4v) is 2.80. The summed E-state index contributed by atoms with van der Waals surface area (Å²) in [5, 5.41) is 11.5. The molecule has 20 heavy (non-hydrogen) atoms. The van der Waals surface area contributed by atoms with Crippen LogP contribution < -0.4 is 10.9 Å². The Morgan fingerprint density at radius 1 is 1.50 bits per heavy atom. The van der Waals surface area contributed by atoms with Crippen LogP contribution in [0.25, 0.3) is 0 Å². The lowest BCUT2D eigenvalue weighted by atomic mass is 9.91. The molecule has 0 saturated heterocycles. The molecule has 2 aromatic rings. The number of hydrogen-bond acceptors (Lipinski definition) is 4. The van der Waals surface area contributed by atoms with Crippen molar-refractivity contribution in [3.8, 4) is 0 Å². The van der Waals surface area contributed by atoms with Crippen molar-refractivity contribution in [2.24, 2.45) is 7.05 Å². The van der Waals surface area contributed by atoms with E-state index in [0.29, 0.717) is 6.04 Å². The molecule has 0 aromatic carbocycles. The first kappa shape index (κ1) is 13.1. The van der Waals surface area contributed by atoms with Crippen molar-refractivity contribution in [1.82, 2.24) is 25.1 Å². The van der Waals surface area contributed by atoms with Crippen LogP contribution in [0.1, 0.15) is 36.0 Å². The van der Waals surface area contributed by atoms with E-state index in [2.05, 4.69) is 20.5 Å². The molecule has 0 amide bonds. The monoisotopic (exact) mass is 273 g/mol. The zero-order chi connectivity index (χ0) is 13.9. The van der Waals surface area contributed by atoms with E-state index in [4.69, 9.17) is 0 Å². The molecule has 0 radical (unpaired) electrons. The fraction of sp³-hybridized carbons (Fsp3) is 0.500. The maximum absolute atomic E-state index is 11.4. The highest BCUT2D eigenvalue weighted by atomic mass is 16.1. The molecule has 2 aromatic heterocycles. The molecule has 0 saturated carbocycles. The highest BCUT2D eigenvalue weighted by molar-refractivity contribution is 5.26. The topological polar surface area (TPSA) is 75.6 Å². The highest BCUT2D eigenvalue weighted by Gasteiger charge is 2.20. The number of pyridine rings is 1. The number of aromatic nitrogens is 4. The highest BCUT2D eigenvalue weighted by Crippen LogP contribution is 2.27. The van der Waals surface area contributed by atoms with Gasteiger partial charge in [-0.2, -0.15) is 0 Å². The molecule has 2 N–H and O–H groups in total. The van der Waals surface area contributed by atoms with E-state index in [0.717, 1.165) is 43.7 Å². The molecule has 1 unspecified atom stereocenters. The minimum absolute atomic E-state index is 0.0107. The number of fused-ring (bicyclic) bond motifs is 1. The minimum Gasteiger partial charge on any atom is -0.326 e. The predicted octanol–water partition coefficient (Wildman–Crippen LogP) is 0.713. The molecule has 1 atom stereocenters. The number of nitrogens with zero attached hydrogens (tertiary/aromatic N) is 3. The molecule has 6 nitrogen and oxygen atoms in total. The van der Waals surface area contributed by atoms with Crippen molar-refractivity contribution in [1.29, 1.82) is 0 Å². The van der Waals surface area contributed by atoms with Crippen molar-refractivity contribution < 1.29 is 0 Å². The lowest BCUT2D eigenvalue weighted by Gasteiger charge is -2.25. The van der Waals surface area contributed by atoms with Crippen LogP contribution >= 0.6 is 0 Å². The summed E-state index contributed by atoms with van der Waals surface area (Å²) in [5.41, 5.74) is 2.30. The van der Waals surface area contributed by atoms with E-state index in [1.165, 1.54) is 5.56 Å². The molecule has 0 fully saturated rings. The summed E-state index contributed by atoms with van der Waals surface area (Å²) in [7, 11) is 1.95. The summed E-state index contributed by atoms with van der Waals surface area (Å²) in [6.45, 7) is 0.857. The van der Waals surface area contributed by atoms with Crippen molar-refractivity contribution in [3.05, 3.63) is 45.9 Å². The lowest BCUT2D eigenvalue weighted by Crippen LogP contribution is -2.29. The number of aromatic amines is 1. The Balaban J connectivity index is 1.65. The molecular formula is C14H19N5O. The Morgan fingerprint density at radius 2 is 2.40 bits per heavy atom. The van der Waals surface area contributed by atoms with E-state index in [9.17, 15) is 4.79 Å². The Bertz CT molecular complexity index is 645. The third kappa shape index (κ3) is 2.65. The quantitative estimate of drug-likeness (QED) is 0.860. The number of H-pyrrole nitrogens is 1. The van der Waals surface area contributed by atoms with E-state index in [1.807, 2.05) is 17.7 Å². The Kier molecular flexibility index (Phi) is 3.64. The standard InChI is InChI=1S/C14H19N5O/c1-19-9-16-18-13(19)7-8-15-11-3-2-4-12-10(11)5-6-14(20)17-12/h5-6,9,11,15H,2-4,7-8H2,1H3,(H,17,20). The van der Waals surface area contributed by atoms with Crippen LogP contribution in [0.4, 0.5) is 0 Å². The molecule has 3 rings (SSSR count). The summed E-state index contributed by atoms with van der Waals surface area (Å²) < 4.78 is 1.94. The number of nitrogens with one attached hydrogen (secondary N) is 2. The maximum atomic E-state index is 11.4. The Labute approximate surface area is 117 Å². The number of aryl methyl sites for hydroxylation is 2. The largest absolute Gasteiger partial charge is 0.326 e. The van der Waals surface area contributed by atoms with Crippen LogP contribution in [0.3, 0.4) is 0 Å². The van der Waals surface area contributed by atoms with Crippen molar-refractivity contribution >= 4 is 0 Å². The van der Waals surface area contributed by atoms with Crippen molar-refractivity contribution in [3.63, 3.8) is 0 Å². The summed E-state index contributed by atoms with van der Waals surface area (Å²) in [6, 6.07) is 3.89. The van der Waals surface area contributed by atoms with Gasteiger partial charge in [-0.15, -0.1) is 10.2 Å². The van der Waals surface area contributed by atoms with Gasteiger partial charge < -0.3 is 14.9 Å². The number of hydrogen-bond donors (Lipinski definition) is 2. The van der Waals surface area contributed by atoms with Gasteiger partial charge in [0.2, 0.25) is 5.56 Å². The Hall–Kier alpha value is -1.95. The first-order chi connectivity index (χ1) is 9.74. The zero-order valence-electron chi connectivity index (χ0n) is 11.6. The molecule has 6 heteroatoms. The molecule has 1 aliphatic rings. The molecule has 1 aliphatic carbocycles. The van der Waals surface area contributed by atoms with Gasteiger partial charge in [-0.1, -0.05) is 6.07 Å². The molecule has 0 aliphatic heterocycles. The predicted molar refractivity (Wildman–Crippen MR) is 75.5 cm³/mol. The maximum Gasteiger partial charge on any atom is 0.248 e. The van der Waals surface area contributed by atoms with Gasteiger partial charge >= 0.3 is 0 Å². The van der Waals surface area contributed by atoms with Crippen LogP contribution in [0.15, 0.2) is 23.3 Å². The molecule has 2 heterocycles. The molecule has 0 bridgehead atoms. The van der Waals surface area contributed by atoms with E-state index < -0.39 is 0 Å². The SMILES string of the molecule is Cn1cnnc1CCNC1CCCc2[nH]c(=O)ccc21. The summed E-state index contributed by atoms with van der Waals surface area (Å²) in [5.74, 6) is 0.981. The molecule has 106 valence electrons. The second-order valence-electron chi connectivity index (χ2n) is 5.26. The van der Waals surface area contributed by atoms with Gasteiger partial charge in [-0.25, -0.2) is 0 Å². The first-order valence-electron chi connectivity index (χ1n) is 7.02. The van der Waals surface area contributed by atoms with E-state index >= 15 is 0 Å². The first-order valence-corrected chi connectivity index (χ1v) is 7.02. The van der Waals surface area contributed by atoms with Crippen LogP contribution in [0.5, 0.6) is 0 Å². The van der Waals surface area contributed by atoms with Crippen molar-refractivity contribution in [2.75, 3.05) is 6.54 Å². The summed E-state index contributed by atoms with van der Waals surface area (Å²) >= 11 is 0. The van der Waals surface area contributed by atoms with Crippen LogP contribution in [-0.2, 0) is 19.9 Å². The average Bonchev–Trinajstić information content (AvgIpc) is 2.84. The van der Waals surface area contributed by atoms with Gasteiger partial charge in [0.25, 0.3) is 0 Å². The van der Waals surface area contributed by atoms with Gasteiger partial charge in [0, 0.05) is 37.8 Å². The summed E-state index contributed by atoms with van der Waals surface area (Å²) in [4.78, 5) is 14.3. The third-order valence-corrected chi connectivity index (χ3v) is 3.88. The second-order valence-corrected chi connectivity index (χ2v) is 5.26. The molecular weight excluding hydrogens is 254 g/mol. The van der Waals surface area contributed by atoms with Gasteiger partial charge in [-0.05, 0) is 24.8 Å². The van der Waals surface area contributed by atoms with Gasteiger partial charge in [0.1, 0.15) is 12.2 Å². The van der Waals surface area contributed by atoms with Crippen LogP contribution in [-0.4, -0.2) is 26.3 Å². The molecule has 0 spiro atoms. The normalized spacial score (nSPS) is 17.9. The fourth-order valence-electron chi connectivity index (χ4n) is 2.80. The van der Waals surface area contributed by atoms with Gasteiger partial charge in [0.15, 0.2) is 0 Å². The minimum atomic E-state index is -0.0107. The van der Waals surface area contributed by atoms with E-state index in [1.54, 1.807) is 12.4 Å². The van der Waals surface area contributed by atoms with E-state index in [-0.39, 0.29) is 5.56 Å². The third-order valence-electron chi connectivity index (χ3n) is 3.88.